The molecule has 4 nitrogen and oxygen atoms in total. The Hall–Kier alpha value is -1.37. The summed E-state index contributed by atoms with van der Waals surface area (Å²) in [6.07, 6.45) is 0.373. The average molecular weight is 386 g/mol. The summed E-state index contributed by atoms with van der Waals surface area (Å²) in [5, 5.41) is 4.25. The number of benzene rings is 1. The van der Waals surface area contributed by atoms with Crippen LogP contribution in [0.1, 0.15) is 30.4 Å². The molecule has 7 heteroatoms. The van der Waals surface area contributed by atoms with Crippen LogP contribution in [0.3, 0.4) is 0 Å². The first-order valence-electron chi connectivity index (χ1n) is 7.60. The van der Waals surface area contributed by atoms with Gasteiger partial charge in [0.25, 0.3) is 0 Å². The number of hydrogen-bond donors (Lipinski definition) is 1. The van der Waals surface area contributed by atoms with Gasteiger partial charge in [-0.2, -0.15) is 0 Å². The molecular formula is C17H20ClNO3S2. The third-order valence-electron chi connectivity index (χ3n) is 3.46. The fraction of sp³-hybridized carbons (Fsp3) is 0.353. The van der Waals surface area contributed by atoms with Crippen LogP contribution in [0.5, 0.6) is 0 Å². The van der Waals surface area contributed by atoms with Gasteiger partial charge in [-0.3, -0.25) is 4.79 Å². The van der Waals surface area contributed by atoms with E-state index in [4.69, 9.17) is 11.6 Å². The van der Waals surface area contributed by atoms with Gasteiger partial charge in [-0.25, -0.2) is 8.42 Å². The number of carbonyl (C=O) groups excluding carboxylic acids is 1. The number of amides is 1. The lowest BCUT2D eigenvalue weighted by Gasteiger charge is -2.18. The molecule has 2 rings (SSSR count). The highest BCUT2D eigenvalue weighted by Crippen LogP contribution is 2.31. The van der Waals surface area contributed by atoms with Crippen molar-refractivity contribution in [3.05, 3.63) is 51.7 Å². The van der Waals surface area contributed by atoms with Crippen molar-refractivity contribution in [3.8, 4) is 0 Å². The van der Waals surface area contributed by atoms with Gasteiger partial charge in [-0.1, -0.05) is 31.5 Å². The topological polar surface area (TPSA) is 63.2 Å². The summed E-state index contributed by atoms with van der Waals surface area (Å²) >= 11 is 7.21. The van der Waals surface area contributed by atoms with Crippen LogP contribution in [0, 0.1) is 5.92 Å². The predicted octanol–water partition coefficient (Wildman–Crippen LogP) is 4.08. The molecule has 0 aliphatic rings. The van der Waals surface area contributed by atoms with Crippen LogP contribution in [-0.2, 0) is 14.6 Å². The minimum absolute atomic E-state index is 0.0526. The summed E-state index contributed by atoms with van der Waals surface area (Å²) in [6.45, 7) is 3.94. The van der Waals surface area contributed by atoms with Crippen LogP contribution in [0.25, 0.3) is 0 Å². The summed E-state index contributed by atoms with van der Waals surface area (Å²) in [4.78, 5) is 12.8. The second kappa shape index (κ2) is 8.14. The predicted molar refractivity (Wildman–Crippen MR) is 98.2 cm³/mol. The molecule has 1 aromatic carbocycles. The highest BCUT2D eigenvalue weighted by molar-refractivity contribution is 7.91. The van der Waals surface area contributed by atoms with Crippen molar-refractivity contribution in [1.82, 2.24) is 5.32 Å². The maximum atomic E-state index is 13.0. The SMILES string of the molecule is CC(C)CC(=O)NC[C@@H](c1cccs1)S(=O)(=O)c1ccc(Cl)cc1. The van der Waals surface area contributed by atoms with E-state index in [1.807, 2.05) is 19.2 Å². The molecule has 0 bridgehead atoms. The molecule has 24 heavy (non-hydrogen) atoms. The number of carbonyl (C=O) groups is 1. The van der Waals surface area contributed by atoms with E-state index in [9.17, 15) is 13.2 Å². The molecule has 0 saturated heterocycles. The van der Waals surface area contributed by atoms with E-state index in [2.05, 4.69) is 5.32 Å². The maximum Gasteiger partial charge on any atom is 0.220 e. The molecule has 1 heterocycles. The van der Waals surface area contributed by atoms with E-state index in [1.54, 1.807) is 24.3 Å². The highest BCUT2D eigenvalue weighted by Gasteiger charge is 2.30. The van der Waals surface area contributed by atoms with Gasteiger partial charge in [0.2, 0.25) is 5.91 Å². The average Bonchev–Trinajstić information content (AvgIpc) is 3.01. The second-order valence-electron chi connectivity index (χ2n) is 5.91. The Morgan fingerprint density at radius 3 is 2.42 bits per heavy atom. The van der Waals surface area contributed by atoms with Gasteiger partial charge in [-0.05, 0) is 41.6 Å². The van der Waals surface area contributed by atoms with Gasteiger partial charge in [0.1, 0.15) is 5.25 Å². The van der Waals surface area contributed by atoms with Gasteiger partial charge < -0.3 is 5.32 Å². The van der Waals surface area contributed by atoms with E-state index in [-0.39, 0.29) is 23.3 Å². The van der Waals surface area contributed by atoms with Gasteiger partial charge in [0.15, 0.2) is 9.84 Å². The lowest BCUT2D eigenvalue weighted by atomic mass is 10.1. The summed E-state index contributed by atoms with van der Waals surface area (Å²) in [7, 11) is -3.63. The lowest BCUT2D eigenvalue weighted by Crippen LogP contribution is -2.32. The first kappa shape index (κ1) is 19.0. The molecular weight excluding hydrogens is 366 g/mol. The second-order valence-corrected chi connectivity index (χ2v) is 9.45. The zero-order valence-electron chi connectivity index (χ0n) is 13.5. The molecule has 1 atom stereocenters. The molecule has 0 aliphatic heterocycles. The summed E-state index contributed by atoms with van der Waals surface area (Å²) in [5.41, 5.74) is 0. The van der Waals surface area contributed by atoms with Crippen LogP contribution < -0.4 is 5.32 Å². The minimum atomic E-state index is -3.63. The summed E-state index contributed by atoms with van der Waals surface area (Å²) < 4.78 is 26.0. The zero-order valence-corrected chi connectivity index (χ0v) is 15.9. The first-order chi connectivity index (χ1) is 11.3. The molecule has 0 radical (unpaired) electrons. The maximum absolute atomic E-state index is 13.0. The van der Waals surface area contributed by atoms with Crippen LogP contribution in [0.15, 0.2) is 46.7 Å². The molecule has 0 spiro atoms. The highest BCUT2D eigenvalue weighted by atomic mass is 35.5. The fourth-order valence-corrected chi connectivity index (χ4v) is 5.19. The Bertz CT molecular complexity index is 769. The van der Waals surface area contributed by atoms with E-state index in [0.717, 1.165) is 0 Å². The Morgan fingerprint density at radius 1 is 1.21 bits per heavy atom. The van der Waals surface area contributed by atoms with Crippen LogP contribution >= 0.6 is 22.9 Å². The monoisotopic (exact) mass is 385 g/mol. The van der Waals surface area contributed by atoms with E-state index < -0.39 is 15.1 Å². The summed E-state index contributed by atoms with van der Waals surface area (Å²) in [5.74, 6) is 0.0796. The van der Waals surface area contributed by atoms with Gasteiger partial charge in [0, 0.05) is 22.9 Å². The Labute approximate surface area is 151 Å². The number of thiophene rings is 1. The number of halogens is 1. The van der Waals surface area contributed by atoms with E-state index in [0.29, 0.717) is 16.3 Å². The van der Waals surface area contributed by atoms with Crippen molar-refractivity contribution in [2.24, 2.45) is 5.92 Å². The van der Waals surface area contributed by atoms with Gasteiger partial charge in [-0.15, -0.1) is 11.3 Å². The molecule has 0 aliphatic carbocycles. The normalized spacial score (nSPS) is 13.0. The fourth-order valence-electron chi connectivity index (χ4n) is 2.28. The third kappa shape index (κ3) is 4.82. The van der Waals surface area contributed by atoms with Crippen LogP contribution in [0.2, 0.25) is 5.02 Å². The van der Waals surface area contributed by atoms with Crippen molar-refractivity contribution in [2.75, 3.05) is 6.54 Å². The molecule has 1 aromatic heterocycles. The van der Waals surface area contributed by atoms with Crippen molar-refractivity contribution in [1.29, 1.82) is 0 Å². The summed E-state index contributed by atoms with van der Waals surface area (Å²) in [6, 6.07) is 9.68. The molecule has 130 valence electrons. The standard InChI is InChI=1S/C17H20ClNO3S2/c1-12(2)10-17(20)19-11-16(15-4-3-9-23-15)24(21,22)14-7-5-13(18)6-8-14/h3-9,12,16H,10-11H2,1-2H3,(H,19,20)/t16-/m0/s1. The first-order valence-corrected chi connectivity index (χ1v) is 10.4. The van der Waals surface area contributed by atoms with Crippen molar-refractivity contribution in [2.45, 2.75) is 30.4 Å². The number of sulfone groups is 1. The molecule has 0 unspecified atom stereocenters. The van der Waals surface area contributed by atoms with Gasteiger partial charge >= 0.3 is 0 Å². The van der Waals surface area contributed by atoms with E-state index in [1.165, 1.54) is 23.5 Å². The Kier molecular flexibility index (Phi) is 6.43. The van der Waals surface area contributed by atoms with Crippen LogP contribution in [-0.4, -0.2) is 20.9 Å². The number of hydrogen-bond acceptors (Lipinski definition) is 4. The number of nitrogens with one attached hydrogen (secondary N) is 1. The number of rotatable bonds is 7. The Balaban J connectivity index is 2.26. The Morgan fingerprint density at radius 2 is 1.88 bits per heavy atom. The molecule has 1 amide bonds. The molecule has 2 aromatic rings. The molecule has 0 fully saturated rings. The zero-order chi connectivity index (χ0) is 17.7. The quantitative estimate of drug-likeness (QED) is 0.781. The molecule has 0 saturated carbocycles. The van der Waals surface area contributed by atoms with E-state index >= 15 is 0 Å². The van der Waals surface area contributed by atoms with Crippen molar-refractivity contribution < 1.29 is 13.2 Å². The van der Waals surface area contributed by atoms with Crippen LogP contribution in [0.4, 0.5) is 0 Å². The minimum Gasteiger partial charge on any atom is -0.354 e. The van der Waals surface area contributed by atoms with Crippen molar-refractivity contribution >= 4 is 38.7 Å². The molecule has 1 N–H and O–H groups in total. The lowest BCUT2D eigenvalue weighted by molar-refractivity contribution is -0.121. The third-order valence-corrected chi connectivity index (χ3v) is 6.94. The smallest absolute Gasteiger partial charge is 0.220 e. The largest absolute Gasteiger partial charge is 0.354 e. The van der Waals surface area contributed by atoms with Gasteiger partial charge in [0.05, 0.1) is 4.90 Å². The van der Waals surface area contributed by atoms with Crippen molar-refractivity contribution in [3.63, 3.8) is 0 Å².